The van der Waals surface area contributed by atoms with Crippen LogP contribution in [0.25, 0.3) is 0 Å². The SMILES string of the molecule is CCCc1nc(Cl)c(C)c(Nc2ccc(CC#N)cc2)n1. The van der Waals surface area contributed by atoms with Gasteiger partial charge in [-0.2, -0.15) is 5.26 Å². The van der Waals surface area contributed by atoms with Gasteiger partial charge in [0.25, 0.3) is 0 Å². The Morgan fingerprint density at radius 3 is 2.57 bits per heavy atom. The molecule has 1 aromatic heterocycles. The first-order chi connectivity index (χ1) is 10.1. The fraction of sp³-hybridized carbons (Fsp3) is 0.312. The Balaban J connectivity index is 2.24. The van der Waals surface area contributed by atoms with E-state index in [1.54, 1.807) is 0 Å². The highest BCUT2D eigenvalue weighted by atomic mass is 35.5. The van der Waals surface area contributed by atoms with Crippen molar-refractivity contribution in [3.8, 4) is 6.07 Å². The Labute approximate surface area is 129 Å². The molecule has 0 aliphatic rings. The van der Waals surface area contributed by atoms with Gasteiger partial charge in [0.05, 0.1) is 12.5 Å². The number of aromatic nitrogens is 2. The molecule has 1 aromatic carbocycles. The van der Waals surface area contributed by atoms with E-state index in [1.165, 1.54) is 0 Å². The normalized spacial score (nSPS) is 10.2. The van der Waals surface area contributed by atoms with Crippen molar-refractivity contribution in [2.24, 2.45) is 0 Å². The fourth-order valence-corrected chi connectivity index (χ4v) is 2.11. The summed E-state index contributed by atoms with van der Waals surface area (Å²) < 4.78 is 0. The lowest BCUT2D eigenvalue weighted by Gasteiger charge is -2.11. The number of benzene rings is 1. The maximum atomic E-state index is 8.67. The predicted molar refractivity (Wildman–Crippen MR) is 84.8 cm³/mol. The molecule has 108 valence electrons. The highest BCUT2D eigenvalue weighted by molar-refractivity contribution is 6.30. The van der Waals surface area contributed by atoms with Gasteiger partial charge in [-0.25, -0.2) is 9.97 Å². The summed E-state index contributed by atoms with van der Waals surface area (Å²) in [6.07, 6.45) is 2.19. The molecule has 1 heterocycles. The summed E-state index contributed by atoms with van der Waals surface area (Å²) in [6.45, 7) is 3.97. The van der Waals surface area contributed by atoms with Gasteiger partial charge in [0.1, 0.15) is 16.8 Å². The number of nitrogens with zero attached hydrogens (tertiary/aromatic N) is 3. The molecule has 0 saturated heterocycles. The zero-order valence-corrected chi connectivity index (χ0v) is 12.9. The highest BCUT2D eigenvalue weighted by Crippen LogP contribution is 2.24. The molecular weight excluding hydrogens is 284 g/mol. The Bertz CT molecular complexity index is 659. The van der Waals surface area contributed by atoms with Gasteiger partial charge in [-0.3, -0.25) is 0 Å². The number of rotatable bonds is 5. The van der Waals surface area contributed by atoms with E-state index in [0.29, 0.717) is 11.6 Å². The molecule has 21 heavy (non-hydrogen) atoms. The molecule has 0 unspecified atom stereocenters. The Morgan fingerprint density at radius 1 is 1.24 bits per heavy atom. The van der Waals surface area contributed by atoms with Crippen LogP contribution >= 0.6 is 11.6 Å². The van der Waals surface area contributed by atoms with E-state index in [0.717, 1.165) is 41.3 Å². The largest absolute Gasteiger partial charge is 0.340 e. The first kappa shape index (κ1) is 15.3. The number of nitrogens with one attached hydrogen (secondary N) is 1. The lowest BCUT2D eigenvalue weighted by atomic mass is 10.1. The van der Waals surface area contributed by atoms with Crippen molar-refractivity contribution < 1.29 is 0 Å². The van der Waals surface area contributed by atoms with Crippen molar-refractivity contribution >= 4 is 23.1 Å². The smallest absolute Gasteiger partial charge is 0.138 e. The average Bonchev–Trinajstić information content (AvgIpc) is 2.47. The predicted octanol–water partition coefficient (Wildman–Crippen LogP) is 4.20. The second-order valence-corrected chi connectivity index (χ2v) is 5.17. The van der Waals surface area contributed by atoms with E-state index in [2.05, 4.69) is 28.3 Å². The standard InChI is InChI=1S/C16H17ClN4/c1-3-4-14-20-15(17)11(2)16(21-14)19-13-7-5-12(6-8-13)9-10-18/h5-8H,3-4,9H2,1-2H3,(H,19,20,21). The van der Waals surface area contributed by atoms with Crippen LogP contribution in [0.3, 0.4) is 0 Å². The van der Waals surface area contributed by atoms with E-state index in [1.807, 2.05) is 31.2 Å². The summed E-state index contributed by atoms with van der Waals surface area (Å²) in [6, 6.07) is 9.85. The van der Waals surface area contributed by atoms with Crippen LogP contribution in [0.15, 0.2) is 24.3 Å². The molecule has 0 aliphatic heterocycles. The van der Waals surface area contributed by atoms with Gasteiger partial charge in [-0.05, 0) is 31.0 Å². The molecule has 2 aromatic rings. The molecule has 0 spiro atoms. The monoisotopic (exact) mass is 300 g/mol. The van der Waals surface area contributed by atoms with Crippen LogP contribution in [0.4, 0.5) is 11.5 Å². The van der Waals surface area contributed by atoms with E-state index < -0.39 is 0 Å². The Morgan fingerprint density at radius 2 is 1.95 bits per heavy atom. The quantitative estimate of drug-likeness (QED) is 0.841. The van der Waals surface area contributed by atoms with E-state index in [9.17, 15) is 0 Å². The Kier molecular flexibility index (Phi) is 5.13. The van der Waals surface area contributed by atoms with Gasteiger partial charge in [0.2, 0.25) is 0 Å². The van der Waals surface area contributed by atoms with Crippen LogP contribution in [-0.2, 0) is 12.8 Å². The van der Waals surface area contributed by atoms with Crippen LogP contribution in [-0.4, -0.2) is 9.97 Å². The highest BCUT2D eigenvalue weighted by Gasteiger charge is 2.09. The minimum atomic E-state index is 0.416. The van der Waals surface area contributed by atoms with E-state index in [-0.39, 0.29) is 0 Å². The van der Waals surface area contributed by atoms with E-state index >= 15 is 0 Å². The van der Waals surface area contributed by atoms with Crippen LogP contribution in [0, 0.1) is 18.3 Å². The minimum absolute atomic E-state index is 0.416. The maximum Gasteiger partial charge on any atom is 0.138 e. The third kappa shape index (κ3) is 3.93. The van der Waals surface area contributed by atoms with Gasteiger partial charge in [-0.1, -0.05) is 30.7 Å². The number of anilines is 2. The number of nitriles is 1. The molecule has 0 radical (unpaired) electrons. The van der Waals surface area contributed by atoms with Gasteiger partial charge in [-0.15, -0.1) is 0 Å². The topological polar surface area (TPSA) is 61.6 Å². The molecule has 0 fully saturated rings. The summed E-state index contributed by atoms with van der Waals surface area (Å²) in [4.78, 5) is 8.80. The zero-order valence-electron chi connectivity index (χ0n) is 12.2. The van der Waals surface area contributed by atoms with Gasteiger partial charge >= 0.3 is 0 Å². The molecule has 0 atom stereocenters. The molecule has 5 heteroatoms. The lowest BCUT2D eigenvalue weighted by molar-refractivity contribution is 0.833. The minimum Gasteiger partial charge on any atom is -0.340 e. The van der Waals surface area contributed by atoms with Crippen molar-refractivity contribution in [3.05, 3.63) is 46.4 Å². The average molecular weight is 301 g/mol. The van der Waals surface area contributed by atoms with Crippen molar-refractivity contribution in [1.29, 1.82) is 5.26 Å². The molecule has 0 amide bonds. The Hall–Kier alpha value is -2.12. The second kappa shape index (κ2) is 7.05. The van der Waals surface area contributed by atoms with Gasteiger partial charge in [0.15, 0.2) is 0 Å². The first-order valence-electron chi connectivity index (χ1n) is 6.90. The third-order valence-electron chi connectivity index (χ3n) is 3.11. The third-order valence-corrected chi connectivity index (χ3v) is 3.47. The summed E-state index contributed by atoms with van der Waals surface area (Å²) >= 11 is 6.16. The maximum absolute atomic E-state index is 8.67. The van der Waals surface area contributed by atoms with Gasteiger partial charge < -0.3 is 5.32 Å². The fourth-order valence-electron chi connectivity index (χ4n) is 1.92. The molecule has 0 bridgehead atoms. The number of hydrogen-bond donors (Lipinski definition) is 1. The van der Waals surface area contributed by atoms with Crippen LogP contribution in [0.1, 0.15) is 30.3 Å². The number of aryl methyl sites for hydroxylation is 1. The first-order valence-corrected chi connectivity index (χ1v) is 7.27. The summed E-state index contributed by atoms with van der Waals surface area (Å²) in [7, 11) is 0. The molecule has 2 rings (SSSR count). The number of hydrogen-bond acceptors (Lipinski definition) is 4. The molecule has 1 N–H and O–H groups in total. The summed E-state index contributed by atoms with van der Waals surface area (Å²) in [5.41, 5.74) is 2.74. The lowest BCUT2D eigenvalue weighted by Crippen LogP contribution is -2.03. The van der Waals surface area contributed by atoms with Crippen molar-refractivity contribution in [2.45, 2.75) is 33.1 Å². The van der Waals surface area contributed by atoms with Crippen molar-refractivity contribution in [1.82, 2.24) is 9.97 Å². The van der Waals surface area contributed by atoms with Crippen molar-refractivity contribution in [2.75, 3.05) is 5.32 Å². The zero-order chi connectivity index (χ0) is 15.2. The second-order valence-electron chi connectivity index (χ2n) is 4.81. The van der Waals surface area contributed by atoms with Crippen LogP contribution in [0.2, 0.25) is 5.15 Å². The van der Waals surface area contributed by atoms with Gasteiger partial charge in [0, 0.05) is 17.7 Å². The molecule has 4 nitrogen and oxygen atoms in total. The van der Waals surface area contributed by atoms with Crippen molar-refractivity contribution in [3.63, 3.8) is 0 Å². The van der Waals surface area contributed by atoms with Crippen LogP contribution in [0.5, 0.6) is 0 Å². The summed E-state index contributed by atoms with van der Waals surface area (Å²) in [5.74, 6) is 1.48. The molecule has 0 aliphatic carbocycles. The molecular formula is C16H17ClN4. The van der Waals surface area contributed by atoms with Crippen LogP contribution < -0.4 is 5.32 Å². The summed E-state index contributed by atoms with van der Waals surface area (Å²) in [5, 5.41) is 12.4. The number of halogens is 1. The van der Waals surface area contributed by atoms with E-state index in [4.69, 9.17) is 16.9 Å². The molecule has 0 saturated carbocycles.